The van der Waals surface area contributed by atoms with E-state index < -0.39 is 5.54 Å². The molecule has 0 saturated carbocycles. The van der Waals surface area contributed by atoms with Crippen LogP contribution in [0.15, 0.2) is 36.4 Å². The molecule has 1 aliphatic rings. The van der Waals surface area contributed by atoms with Gasteiger partial charge in [-0.1, -0.05) is 42.0 Å². The molecule has 2 N–H and O–H groups in total. The lowest BCUT2D eigenvalue weighted by Crippen LogP contribution is -2.44. The molecule has 0 saturated heterocycles. The molecule has 1 aromatic carbocycles. The van der Waals surface area contributed by atoms with E-state index in [4.69, 9.17) is 17.3 Å². The summed E-state index contributed by atoms with van der Waals surface area (Å²) in [4.78, 5) is 11.8. The Labute approximate surface area is 93.7 Å². The van der Waals surface area contributed by atoms with Crippen molar-refractivity contribution in [1.29, 1.82) is 0 Å². The molecule has 1 atom stereocenters. The fourth-order valence-electron chi connectivity index (χ4n) is 1.82. The molecule has 0 heterocycles. The van der Waals surface area contributed by atoms with Crippen molar-refractivity contribution in [2.75, 3.05) is 0 Å². The Hall–Kier alpha value is -1.12. The standard InChI is InChI=1S/C12H12ClNO/c13-10-6-2-1-5-9(10)12(14)8-4-3-7-11(12)15/h1-2,4-6,8H,3,7,14H2. The van der Waals surface area contributed by atoms with Gasteiger partial charge in [-0.25, -0.2) is 0 Å². The number of ketones is 1. The van der Waals surface area contributed by atoms with Crippen LogP contribution in [0, 0.1) is 0 Å². The van der Waals surface area contributed by atoms with E-state index in [9.17, 15) is 4.79 Å². The number of rotatable bonds is 1. The summed E-state index contributed by atoms with van der Waals surface area (Å²) >= 11 is 6.05. The van der Waals surface area contributed by atoms with Crippen molar-refractivity contribution in [3.63, 3.8) is 0 Å². The van der Waals surface area contributed by atoms with Gasteiger partial charge in [0, 0.05) is 17.0 Å². The third kappa shape index (κ3) is 1.71. The minimum absolute atomic E-state index is 0.0260. The zero-order chi connectivity index (χ0) is 10.9. The summed E-state index contributed by atoms with van der Waals surface area (Å²) in [6, 6.07) is 7.22. The van der Waals surface area contributed by atoms with Gasteiger partial charge in [0.15, 0.2) is 5.78 Å². The van der Waals surface area contributed by atoms with E-state index in [-0.39, 0.29) is 5.78 Å². The fraction of sp³-hybridized carbons (Fsp3) is 0.250. The van der Waals surface area contributed by atoms with Crippen LogP contribution in [0.3, 0.4) is 0 Å². The minimum atomic E-state index is -1.03. The number of nitrogens with two attached hydrogens (primary N) is 1. The number of carbonyl (C=O) groups excluding carboxylic acids is 1. The molecule has 0 spiro atoms. The van der Waals surface area contributed by atoms with Crippen LogP contribution in [-0.4, -0.2) is 5.78 Å². The Balaban J connectivity index is 2.53. The highest BCUT2D eigenvalue weighted by molar-refractivity contribution is 6.31. The summed E-state index contributed by atoms with van der Waals surface area (Å²) in [5.41, 5.74) is 5.76. The van der Waals surface area contributed by atoms with Gasteiger partial charge in [0.05, 0.1) is 0 Å². The van der Waals surface area contributed by atoms with Crippen LogP contribution in [0.1, 0.15) is 18.4 Å². The maximum atomic E-state index is 11.8. The van der Waals surface area contributed by atoms with E-state index in [2.05, 4.69) is 0 Å². The van der Waals surface area contributed by atoms with Crippen LogP contribution < -0.4 is 5.73 Å². The number of allylic oxidation sites excluding steroid dienone is 1. The average molecular weight is 222 g/mol. The van der Waals surface area contributed by atoms with Gasteiger partial charge in [0.2, 0.25) is 0 Å². The summed E-state index contributed by atoms with van der Waals surface area (Å²) < 4.78 is 0. The predicted molar refractivity (Wildman–Crippen MR) is 60.7 cm³/mol. The monoisotopic (exact) mass is 221 g/mol. The molecule has 0 radical (unpaired) electrons. The molecule has 0 fully saturated rings. The Morgan fingerprint density at radius 3 is 2.73 bits per heavy atom. The number of halogens is 1. The van der Waals surface area contributed by atoms with Gasteiger partial charge in [-0.2, -0.15) is 0 Å². The van der Waals surface area contributed by atoms with Crippen molar-refractivity contribution < 1.29 is 4.79 Å². The molecule has 2 rings (SSSR count). The molecule has 0 aliphatic heterocycles. The summed E-state index contributed by atoms with van der Waals surface area (Å²) in [5.74, 6) is 0.0260. The van der Waals surface area contributed by atoms with Crippen molar-refractivity contribution in [1.82, 2.24) is 0 Å². The molecule has 1 aliphatic carbocycles. The first-order chi connectivity index (χ1) is 7.14. The lowest BCUT2D eigenvalue weighted by Gasteiger charge is -2.28. The zero-order valence-corrected chi connectivity index (χ0v) is 9.00. The van der Waals surface area contributed by atoms with Gasteiger partial charge in [0.25, 0.3) is 0 Å². The summed E-state index contributed by atoms with van der Waals surface area (Å²) in [5, 5.41) is 0.542. The number of Topliss-reactive ketones (excluding diaryl/α,β-unsaturated/α-hetero) is 1. The van der Waals surface area contributed by atoms with Crippen molar-refractivity contribution in [2.24, 2.45) is 5.73 Å². The van der Waals surface area contributed by atoms with Gasteiger partial charge in [-0.15, -0.1) is 0 Å². The van der Waals surface area contributed by atoms with Gasteiger partial charge >= 0.3 is 0 Å². The SMILES string of the molecule is NC1(c2ccccc2Cl)C=CCCC1=O. The van der Waals surface area contributed by atoms with E-state index in [1.54, 1.807) is 18.2 Å². The Morgan fingerprint density at radius 1 is 1.33 bits per heavy atom. The number of hydrogen-bond donors (Lipinski definition) is 1. The lowest BCUT2D eigenvalue weighted by molar-refractivity contribution is -0.123. The molecule has 1 unspecified atom stereocenters. The van der Waals surface area contributed by atoms with Crippen LogP contribution in [0.25, 0.3) is 0 Å². The van der Waals surface area contributed by atoms with E-state index in [1.807, 2.05) is 18.2 Å². The second-order valence-electron chi connectivity index (χ2n) is 3.71. The van der Waals surface area contributed by atoms with Gasteiger partial charge in [-0.05, 0) is 12.5 Å². The van der Waals surface area contributed by atoms with Crippen molar-refractivity contribution in [2.45, 2.75) is 18.4 Å². The number of benzene rings is 1. The molecule has 1 aromatic rings. The first kappa shape index (κ1) is 10.4. The average Bonchev–Trinajstić information content (AvgIpc) is 2.23. The fourth-order valence-corrected chi connectivity index (χ4v) is 2.11. The third-order valence-corrected chi connectivity index (χ3v) is 3.03. The van der Waals surface area contributed by atoms with Gasteiger partial charge in [-0.3, -0.25) is 4.79 Å². The lowest BCUT2D eigenvalue weighted by atomic mass is 9.81. The first-order valence-electron chi connectivity index (χ1n) is 4.89. The zero-order valence-electron chi connectivity index (χ0n) is 8.24. The van der Waals surface area contributed by atoms with Crippen LogP contribution in [-0.2, 0) is 10.3 Å². The Morgan fingerprint density at radius 2 is 2.07 bits per heavy atom. The van der Waals surface area contributed by atoms with Crippen LogP contribution in [0.4, 0.5) is 0 Å². The maximum absolute atomic E-state index is 11.8. The van der Waals surface area contributed by atoms with E-state index in [0.29, 0.717) is 17.0 Å². The topological polar surface area (TPSA) is 43.1 Å². The molecular formula is C12H12ClNO. The first-order valence-corrected chi connectivity index (χ1v) is 5.27. The maximum Gasteiger partial charge on any atom is 0.161 e. The smallest absolute Gasteiger partial charge is 0.161 e. The quantitative estimate of drug-likeness (QED) is 0.741. The van der Waals surface area contributed by atoms with E-state index in [1.165, 1.54) is 0 Å². The van der Waals surface area contributed by atoms with Crippen LogP contribution >= 0.6 is 11.6 Å². The predicted octanol–water partition coefficient (Wildman–Crippen LogP) is 2.41. The molecule has 0 bridgehead atoms. The second kappa shape index (κ2) is 3.80. The summed E-state index contributed by atoms with van der Waals surface area (Å²) in [6.45, 7) is 0. The van der Waals surface area contributed by atoms with Gasteiger partial charge in [0.1, 0.15) is 5.54 Å². The van der Waals surface area contributed by atoms with Crippen LogP contribution in [0.2, 0.25) is 5.02 Å². The summed E-state index contributed by atoms with van der Waals surface area (Å²) in [6.07, 6.45) is 4.94. The highest BCUT2D eigenvalue weighted by Crippen LogP contribution is 2.31. The minimum Gasteiger partial charge on any atom is -0.312 e. The Bertz CT molecular complexity index is 427. The third-order valence-electron chi connectivity index (χ3n) is 2.70. The largest absolute Gasteiger partial charge is 0.312 e. The molecule has 2 nitrogen and oxygen atoms in total. The van der Waals surface area contributed by atoms with Crippen molar-refractivity contribution in [3.8, 4) is 0 Å². The summed E-state index contributed by atoms with van der Waals surface area (Å²) in [7, 11) is 0. The molecule has 0 aromatic heterocycles. The van der Waals surface area contributed by atoms with E-state index >= 15 is 0 Å². The van der Waals surface area contributed by atoms with Crippen molar-refractivity contribution >= 4 is 17.4 Å². The number of carbonyl (C=O) groups is 1. The molecule has 15 heavy (non-hydrogen) atoms. The highest BCUT2D eigenvalue weighted by Gasteiger charge is 2.35. The van der Waals surface area contributed by atoms with Crippen LogP contribution in [0.5, 0.6) is 0 Å². The molecule has 3 heteroatoms. The van der Waals surface area contributed by atoms with E-state index in [0.717, 1.165) is 6.42 Å². The molecular weight excluding hydrogens is 210 g/mol. The molecule has 78 valence electrons. The number of hydrogen-bond acceptors (Lipinski definition) is 2. The van der Waals surface area contributed by atoms with Crippen molar-refractivity contribution in [3.05, 3.63) is 47.0 Å². The normalized spacial score (nSPS) is 25.6. The molecule has 0 amide bonds. The highest BCUT2D eigenvalue weighted by atomic mass is 35.5. The second-order valence-corrected chi connectivity index (χ2v) is 4.12. The van der Waals surface area contributed by atoms with Gasteiger partial charge < -0.3 is 5.73 Å². The Kier molecular flexibility index (Phi) is 2.63.